The Morgan fingerprint density at radius 3 is 2.33 bits per heavy atom. The van der Waals surface area contributed by atoms with E-state index in [2.05, 4.69) is 4.74 Å². The molecular weight excluding hydrogens is 160 g/mol. The second-order valence-electron chi connectivity index (χ2n) is 2.57. The van der Waals surface area contributed by atoms with Gasteiger partial charge in [0.05, 0.1) is 6.61 Å². The maximum Gasteiger partial charge on any atom is 0.404 e. The molecule has 0 aliphatic rings. The van der Waals surface area contributed by atoms with Crippen molar-refractivity contribution in [2.24, 2.45) is 17.4 Å². The molecule has 0 aliphatic carbocycles. The molecule has 4 N–H and O–H groups in total. The summed E-state index contributed by atoms with van der Waals surface area (Å²) in [4.78, 5) is 20.7. The molecule has 0 aromatic rings. The first-order chi connectivity index (χ1) is 5.56. The maximum atomic E-state index is 10.5. The van der Waals surface area contributed by atoms with E-state index < -0.39 is 12.0 Å². The molecule has 2 amide bonds. The lowest BCUT2D eigenvalue weighted by molar-refractivity contribution is -0.119. The van der Waals surface area contributed by atoms with Crippen molar-refractivity contribution in [2.45, 2.75) is 19.8 Å². The second-order valence-corrected chi connectivity index (χ2v) is 2.57. The molecule has 0 aromatic heterocycles. The smallest absolute Gasteiger partial charge is 0.404 e. The van der Waals surface area contributed by atoms with Gasteiger partial charge < -0.3 is 16.2 Å². The third kappa shape index (κ3) is 5.52. The molecule has 0 bridgehead atoms. The molecule has 5 heteroatoms. The van der Waals surface area contributed by atoms with E-state index in [0.29, 0.717) is 0 Å². The molecule has 0 radical (unpaired) electrons. The third-order valence-corrected chi connectivity index (χ3v) is 1.53. The average Bonchev–Trinajstić information content (AvgIpc) is 1.97. The van der Waals surface area contributed by atoms with Crippen LogP contribution >= 0.6 is 0 Å². The summed E-state index contributed by atoms with van der Waals surface area (Å²) in [7, 11) is 0. The van der Waals surface area contributed by atoms with Crippen molar-refractivity contribution < 1.29 is 14.3 Å². The number of ether oxygens (including phenoxy) is 1. The van der Waals surface area contributed by atoms with E-state index in [4.69, 9.17) is 11.5 Å². The maximum absolute atomic E-state index is 10.5. The first-order valence-electron chi connectivity index (χ1n) is 3.76. The van der Waals surface area contributed by atoms with Crippen molar-refractivity contribution in [1.29, 1.82) is 0 Å². The lowest BCUT2D eigenvalue weighted by Crippen LogP contribution is -2.23. The molecule has 0 saturated carbocycles. The molecule has 0 heterocycles. The van der Waals surface area contributed by atoms with Crippen LogP contribution < -0.4 is 11.5 Å². The van der Waals surface area contributed by atoms with E-state index in [-0.39, 0.29) is 18.9 Å². The lowest BCUT2D eigenvalue weighted by atomic mass is 10.0. The zero-order valence-corrected chi connectivity index (χ0v) is 7.08. The molecule has 0 saturated heterocycles. The summed E-state index contributed by atoms with van der Waals surface area (Å²) in [5.74, 6) is -0.412. The number of hydrogen-bond acceptors (Lipinski definition) is 3. The molecule has 0 fully saturated rings. The molecule has 0 rings (SSSR count). The van der Waals surface area contributed by atoms with Crippen molar-refractivity contribution in [1.82, 2.24) is 0 Å². The fourth-order valence-corrected chi connectivity index (χ4v) is 0.806. The van der Waals surface area contributed by atoms with Crippen LogP contribution in [0.2, 0.25) is 0 Å². The minimum Gasteiger partial charge on any atom is -0.449 e. The molecule has 0 aliphatic heterocycles. The summed E-state index contributed by atoms with van der Waals surface area (Å²) in [6.45, 7) is 2.05. The van der Waals surface area contributed by atoms with Crippen LogP contribution in [-0.4, -0.2) is 18.6 Å². The van der Waals surface area contributed by atoms with Gasteiger partial charge in [-0.05, 0) is 6.42 Å². The van der Waals surface area contributed by atoms with Gasteiger partial charge in [-0.3, -0.25) is 4.79 Å². The molecule has 0 spiro atoms. The van der Waals surface area contributed by atoms with E-state index in [0.717, 1.165) is 6.42 Å². The minimum atomic E-state index is -0.821. The van der Waals surface area contributed by atoms with Crippen LogP contribution in [0.15, 0.2) is 0 Å². The molecule has 5 nitrogen and oxygen atoms in total. The number of rotatable bonds is 5. The Bertz CT molecular complexity index is 170. The topological polar surface area (TPSA) is 95.4 Å². The Kier molecular flexibility index (Phi) is 4.83. The van der Waals surface area contributed by atoms with Crippen molar-refractivity contribution in [3.63, 3.8) is 0 Å². The van der Waals surface area contributed by atoms with Crippen LogP contribution in [0.1, 0.15) is 19.8 Å². The fraction of sp³-hybridized carbons (Fsp3) is 0.714. The fourth-order valence-electron chi connectivity index (χ4n) is 0.806. The van der Waals surface area contributed by atoms with E-state index in [1.54, 1.807) is 0 Å². The van der Waals surface area contributed by atoms with Gasteiger partial charge in [-0.15, -0.1) is 0 Å². The highest BCUT2D eigenvalue weighted by Gasteiger charge is 2.11. The number of primary amides is 2. The van der Waals surface area contributed by atoms with Crippen LogP contribution in [0, 0.1) is 5.92 Å². The van der Waals surface area contributed by atoms with Crippen molar-refractivity contribution in [3.8, 4) is 0 Å². The first kappa shape index (κ1) is 10.7. The van der Waals surface area contributed by atoms with E-state index in [1.807, 2.05) is 6.92 Å². The van der Waals surface area contributed by atoms with E-state index in [9.17, 15) is 9.59 Å². The molecule has 1 atom stereocenters. The SMILES string of the molecule is CCC(COC(N)=O)CC(N)=O. The molecule has 12 heavy (non-hydrogen) atoms. The first-order valence-corrected chi connectivity index (χ1v) is 3.76. The highest BCUT2D eigenvalue weighted by atomic mass is 16.5. The standard InChI is InChI=1S/C7H14N2O3/c1-2-5(3-6(8)10)4-12-7(9)11/h5H,2-4H2,1H3,(H2,8,10)(H2,9,11). The van der Waals surface area contributed by atoms with Gasteiger partial charge in [0.25, 0.3) is 0 Å². The van der Waals surface area contributed by atoms with Gasteiger partial charge in [0.1, 0.15) is 0 Å². The van der Waals surface area contributed by atoms with Gasteiger partial charge in [0.2, 0.25) is 5.91 Å². The van der Waals surface area contributed by atoms with Crippen molar-refractivity contribution >= 4 is 12.0 Å². The minimum absolute atomic E-state index is 0.0185. The summed E-state index contributed by atoms with van der Waals surface area (Å²) in [5.41, 5.74) is 9.71. The summed E-state index contributed by atoms with van der Waals surface area (Å²) in [5, 5.41) is 0. The predicted molar refractivity (Wildman–Crippen MR) is 43.1 cm³/mol. The summed E-state index contributed by atoms with van der Waals surface area (Å²) in [6, 6.07) is 0. The zero-order valence-electron chi connectivity index (χ0n) is 7.08. The van der Waals surface area contributed by atoms with Crippen molar-refractivity contribution in [2.75, 3.05) is 6.61 Å². The monoisotopic (exact) mass is 174 g/mol. The number of carbonyl (C=O) groups is 2. The van der Waals surface area contributed by atoms with Crippen LogP contribution in [0.3, 0.4) is 0 Å². The highest BCUT2D eigenvalue weighted by Crippen LogP contribution is 2.07. The van der Waals surface area contributed by atoms with Gasteiger partial charge in [-0.2, -0.15) is 0 Å². The Hall–Kier alpha value is -1.26. The number of carbonyl (C=O) groups excluding carboxylic acids is 2. The van der Waals surface area contributed by atoms with Gasteiger partial charge in [0.15, 0.2) is 0 Å². The van der Waals surface area contributed by atoms with Crippen molar-refractivity contribution in [3.05, 3.63) is 0 Å². The number of amides is 2. The second kappa shape index (κ2) is 5.40. The molecule has 0 aromatic carbocycles. The summed E-state index contributed by atoms with van der Waals surface area (Å²) < 4.78 is 4.53. The van der Waals surface area contributed by atoms with E-state index >= 15 is 0 Å². The Balaban J connectivity index is 3.67. The quantitative estimate of drug-likeness (QED) is 0.613. The zero-order chi connectivity index (χ0) is 9.56. The third-order valence-electron chi connectivity index (χ3n) is 1.53. The van der Waals surface area contributed by atoms with Gasteiger partial charge in [0, 0.05) is 12.3 Å². The van der Waals surface area contributed by atoms with Crippen LogP contribution in [-0.2, 0) is 9.53 Å². The van der Waals surface area contributed by atoms with Gasteiger partial charge >= 0.3 is 6.09 Å². The average molecular weight is 174 g/mol. The molecule has 1 unspecified atom stereocenters. The van der Waals surface area contributed by atoms with Crippen LogP contribution in [0.25, 0.3) is 0 Å². The van der Waals surface area contributed by atoms with Crippen LogP contribution in [0.5, 0.6) is 0 Å². The highest BCUT2D eigenvalue weighted by molar-refractivity contribution is 5.74. The van der Waals surface area contributed by atoms with Gasteiger partial charge in [-0.1, -0.05) is 6.92 Å². The Labute approximate surface area is 71.0 Å². The Morgan fingerprint density at radius 2 is 2.00 bits per heavy atom. The predicted octanol–water partition coefficient (Wildman–Crippen LogP) is -0.0167. The summed E-state index contributed by atoms with van der Waals surface area (Å²) in [6.07, 6.45) is 0.137. The molecular formula is C7H14N2O3. The Morgan fingerprint density at radius 1 is 1.42 bits per heavy atom. The molecule has 70 valence electrons. The normalized spacial score (nSPS) is 12.1. The number of hydrogen-bond donors (Lipinski definition) is 2. The van der Waals surface area contributed by atoms with E-state index in [1.165, 1.54) is 0 Å². The number of nitrogens with two attached hydrogens (primary N) is 2. The lowest BCUT2D eigenvalue weighted by Gasteiger charge is -2.11. The summed E-state index contributed by atoms with van der Waals surface area (Å²) >= 11 is 0. The van der Waals surface area contributed by atoms with Crippen LogP contribution in [0.4, 0.5) is 4.79 Å². The van der Waals surface area contributed by atoms with Gasteiger partial charge in [-0.25, -0.2) is 4.79 Å². The largest absolute Gasteiger partial charge is 0.449 e.